The zero-order valence-electron chi connectivity index (χ0n) is 10.5. The highest BCUT2D eigenvalue weighted by molar-refractivity contribution is 7.91. The standard InChI is InChI=1S/C15H12F2O2S/c16-13-5-3-12(4-6-13)2-1-11-20(18,19)15-9-7-14(17)8-10-15/h1-10H,11H2. The van der Waals surface area contributed by atoms with E-state index in [1.807, 2.05) is 0 Å². The van der Waals surface area contributed by atoms with Gasteiger partial charge in [-0.3, -0.25) is 0 Å². The molecule has 0 saturated heterocycles. The van der Waals surface area contributed by atoms with Gasteiger partial charge in [0.2, 0.25) is 0 Å². The molecule has 20 heavy (non-hydrogen) atoms. The maximum absolute atomic E-state index is 12.7. The summed E-state index contributed by atoms with van der Waals surface area (Å²) >= 11 is 0. The van der Waals surface area contributed by atoms with Crippen molar-refractivity contribution in [2.24, 2.45) is 0 Å². The minimum Gasteiger partial charge on any atom is -0.223 e. The topological polar surface area (TPSA) is 34.1 Å². The summed E-state index contributed by atoms with van der Waals surface area (Å²) in [6.07, 6.45) is 3.08. The molecule has 0 amide bonds. The van der Waals surface area contributed by atoms with E-state index in [-0.39, 0.29) is 16.5 Å². The predicted molar refractivity (Wildman–Crippen MR) is 73.9 cm³/mol. The maximum Gasteiger partial charge on any atom is 0.181 e. The van der Waals surface area contributed by atoms with Crippen molar-refractivity contribution in [1.29, 1.82) is 0 Å². The molecule has 0 bridgehead atoms. The summed E-state index contributed by atoms with van der Waals surface area (Å²) in [5, 5.41) is 0. The summed E-state index contributed by atoms with van der Waals surface area (Å²) in [6.45, 7) is 0. The van der Waals surface area contributed by atoms with Crippen LogP contribution in [0.25, 0.3) is 6.08 Å². The van der Waals surface area contributed by atoms with E-state index in [9.17, 15) is 17.2 Å². The SMILES string of the molecule is O=S(=O)(CC=Cc1ccc(F)cc1)c1ccc(F)cc1. The fraction of sp³-hybridized carbons (Fsp3) is 0.0667. The molecule has 104 valence electrons. The highest BCUT2D eigenvalue weighted by Gasteiger charge is 2.11. The average molecular weight is 294 g/mol. The Balaban J connectivity index is 2.09. The second-order valence-corrected chi connectivity index (χ2v) is 6.22. The number of hydrogen-bond donors (Lipinski definition) is 0. The first kappa shape index (κ1) is 14.4. The lowest BCUT2D eigenvalue weighted by atomic mass is 10.2. The van der Waals surface area contributed by atoms with Crippen LogP contribution in [0.1, 0.15) is 5.56 Å². The molecule has 5 heteroatoms. The zero-order valence-corrected chi connectivity index (χ0v) is 11.3. The van der Waals surface area contributed by atoms with Crippen molar-refractivity contribution in [2.75, 3.05) is 5.75 Å². The van der Waals surface area contributed by atoms with Gasteiger partial charge < -0.3 is 0 Å². The van der Waals surface area contributed by atoms with Crippen molar-refractivity contribution in [3.63, 3.8) is 0 Å². The monoisotopic (exact) mass is 294 g/mol. The van der Waals surface area contributed by atoms with Gasteiger partial charge in [-0.05, 0) is 42.0 Å². The molecule has 0 saturated carbocycles. The number of sulfone groups is 1. The Hall–Kier alpha value is -2.01. The van der Waals surface area contributed by atoms with Gasteiger partial charge in [0, 0.05) is 0 Å². The van der Waals surface area contributed by atoms with Gasteiger partial charge in [0.1, 0.15) is 11.6 Å². The van der Waals surface area contributed by atoms with Crippen molar-refractivity contribution in [2.45, 2.75) is 4.90 Å². The van der Waals surface area contributed by atoms with Gasteiger partial charge in [0.05, 0.1) is 10.6 Å². The third-order valence-electron chi connectivity index (χ3n) is 2.67. The Bertz CT molecular complexity index is 703. The summed E-state index contributed by atoms with van der Waals surface area (Å²) < 4.78 is 49.4. The van der Waals surface area contributed by atoms with Gasteiger partial charge in [-0.1, -0.05) is 24.3 Å². The van der Waals surface area contributed by atoms with Crippen LogP contribution in [0.4, 0.5) is 8.78 Å². The lowest BCUT2D eigenvalue weighted by Crippen LogP contribution is -2.04. The Labute approximate surface area is 116 Å². The normalized spacial score (nSPS) is 11.9. The van der Waals surface area contributed by atoms with Crippen LogP contribution in [0.3, 0.4) is 0 Å². The molecule has 2 nitrogen and oxygen atoms in total. The number of benzene rings is 2. The molecule has 0 atom stereocenters. The summed E-state index contributed by atoms with van der Waals surface area (Å²) in [6, 6.07) is 10.4. The van der Waals surface area contributed by atoms with Crippen molar-refractivity contribution in [1.82, 2.24) is 0 Å². The minimum atomic E-state index is -3.48. The Morgan fingerprint density at radius 3 is 1.90 bits per heavy atom. The van der Waals surface area contributed by atoms with E-state index in [0.717, 1.165) is 12.1 Å². The Morgan fingerprint density at radius 1 is 0.850 bits per heavy atom. The summed E-state index contributed by atoms with van der Waals surface area (Å²) in [5.74, 6) is -1.03. The average Bonchev–Trinajstić information content (AvgIpc) is 2.41. The smallest absolute Gasteiger partial charge is 0.181 e. The van der Waals surface area contributed by atoms with Crippen molar-refractivity contribution in [3.8, 4) is 0 Å². The molecule has 0 radical (unpaired) electrons. The van der Waals surface area contributed by atoms with Crippen LogP contribution in [0.2, 0.25) is 0 Å². The summed E-state index contributed by atoms with van der Waals surface area (Å²) in [5.41, 5.74) is 0.709. The molecule has 0 N–H and O–H groups in total. The van der Waals surface area contributed by atoms with E-state index in [0.29, 0.717) is 5.56 Å². The fourth-order valence-corrected chi connectivity index (χ4v) is 2.72. The molecule has 2 rings (SSSR count). The molecule has 0 heterocycles. The molecule has 2 aromatic carbocycles. The van der Waals surface area contributed by atoms with Crippen LogP contribution >= 0.6 is 0 Å². The van der Waals surface area contributed by atoms with E-state index < -0.39 is 15.7 Å². The molecule has 0 spiro atoms. The second-order valence-electron chi connectivity index (χ2n) is 4.19. The first-order valence-corrected chi connectivity index (χ1v) is 7.53. The van der Waals surface area contributed by atoms with Crippen LogP contribution in [0.15, 0.2) is 59.5 Å². The molecular formula is C15H12F2O2S. The third kappa shape index (κ3) is 3.74. The number of rotatable bonds is 4. The van der Waals surface area contributed by atoms with E-state index in [2.05, 4.69) is 0 Å². The van der Waals surface area contributed by atoms with Gasteiger partial charge in [0.25, 0.3) is 0 Å². The van der Waals surface area contributed by atoms with Crippen LogP contribution in [-0.2, 0) is 9.84 Å². The molecule has 0 aromatic heterocycles. The van der Waals surface area contributed by atoms with Gasteiger partial charge in [-0.25, -0.2) is 17.2 Å². The lowest BCUT2D eigenvalue weighted by molar-refractivity contribution is 0.597. The van der Waals surface area contributed by atoms with Gasteiger partial charge in [-0.2, -0.15) is 0 Å². The molecule has 0 fully saturated rings. The number of halogens is 2. The molecule has 0 aliphatic rings. The van der Waals surface area contributed by atoms with E-state index in [4.69, 9.17) is 0 Å². The van der Waals surface area contributed by atoms with E-state index in [1.165, 1.54) is 30.3 Å². The van der Waals surface area contributed by atoms with Crippen molar-refractivity contribution < 1.29 is 17.2 Å². The van der Waals surface area contributed by atoms with Crippen molar-refractivity contribution in [3.05, 3.63) is 71.8 Å². The minimum absolute atomic E-state index is 0.0719. The first-order valence-electron chi connectivity index (χ1n) is 5.88. The van der Waals surface area contributed by atoms with Gasteiger partial charge in [0.15, 0.2) is 9.84 Å². The fourth-order valence-electron chi connectivity index (χ4n) is 1.62. The Kier molecular flexibility index (Phi) is 4.29. The first-order chi connectivity index (χ1) is 9.47. The van der Waals surface area contributed by atoms with Crippen molar-refractivity contribution >= 4 is 15.9 Å². The van der Waals surface area contributed by atoms with Crippen LogP contribution in [-0.4, -0.2) is 14.2 Å². The quantitative estimate of drug-likeness (QED) is 0.809. The molecular weight excluding hydrogens is 282 g/mol. The highest BCUT2D eigenvalue weighted by atomic mass is 32.2. The number of hydrogen-bond acceptors (Lipinski definition) is 2. The Morgan fingerprint density at radius 2 is 1.35 bits per heavy atom. The van der Waals surface area contributed by atoms with E-state index >= 15 is 0 Å². The largest absolute Gasteiger partial charge is 0.223 e. The molecule has 0 aliphatic carbocycles. The third-order valence-corrected chi connectivity index (χ3v) is 4.29. The maximum atomic E-state index is 12.7. The zero-order chi connectivity index (χ0) is 14.6. The van der Waals surface area contributed by atoms with Gasteiger partial charge in [-0.15, -0.1) is 0 Å². The lowest BCUT2D eigenvalue weighted by Gasteiger charge is -2.01. The van der Waals surface area contributed by atoms with Crippen LogP contribution < -0.4 is 0 Å². The van der Waals surface area contributed by atoms with Crippen LogP contribution in [0.5, 0.6) is 0 Å². The molecule has 2 aromatic rings. The molecule has 0 aliphatic heterocycles. The van der Waals surface area contributed by atoms with E-state index in [1.54, 1.807) is 18.2 Å². The summed E-state index contributed by atoms with van der Waals surface area (Å²) in [4.78, 5) is 0.0719. The van der Waals surface area contributed by atoms with Crippen LogP contribution in [0, 0.1) is 11.6 Å². The highest BCUT2D eigenvalue weighted by Crippen LogP contribution is 2.13. The van der Waals surface area contributed by atoms with Gasteiger partial charge >= 0.3 is 0 Å². The summed E-state index contributed by atoms with van der Waals surface area (Å²) in [7, 11) is -3.48. The second kappa shape index (κ2) is 5.96. The predicted octanol–water partition coefficient (Wildman–Crippen LogP) is 3.45. The molecule has 0 unspecified atom stereocenters.